The zero-order valence-corrected chi connectivity index (χ0v) is 19.2. The number of H-pyrrole nitrogens is 1. The third-order valence-corrected chi connectivity index (χ3v) is 6.32. The molecule has 31 heavy (non-hydrogen) atoms. The number of hydrogen-bond acceptors (Lipinski definition) is 4. The molecule has 0 aliphatic heterocycles. The zero-order chi connectivity index (χ0) is 22.7. The number of aromatic hydroxyl groups is 1. The first-order valence-corrected chi connectivity index (χ1v) is 11.3. The highest BCUT2D eigenvalue weighted by Gasteiger charge is 2.38. The van der Waals surface area contributed by atoms with Crippen molar-refractivity contribution in [2.45, 2.75) is 52.5 Å². The van der Waals surface area contributed by atoms with Gasteiger partial charge in [-0.05, 0) is 75.0 Å². The van der Waals surface area contributed by atoms with Gasteiger partial charge in [-0.25, -0.2) is 0 Å². The van der Waals surface area contributed by atoms with Crippen molar-refractivity contribution >= 4 is 5.78 Å². The maximum absolute atomic E-state index is 13.5. The Balaban J connectivity index is 2.01. The zero-order valence-electron chi connectivity index (χ0n) is 19.2. The second-order valence-corrected chi connectivity index (χ2v) is 9.46. The predicted molar refractivity (Wildman–Crippen MR) is 125 cm³/mol. The van der Waals surface area contributed by atoms with Crippen LogP contribution in [0.5, 0.6) is 5.75 Å². The van der Waals surface area contributed by atoms with Gasteiger partial charge in [0.25, 0.3) is 0 Å². The minimum Gasteiger partial charge on any atom is -0.513 e. The summed E-state index contributed by atoms with van der Waals surface area (Å²) < 4.78 is 0. The van der Waals surface area contributed by atoms with Crippen molar-refractivity contribution in [2.75, 3.05) is 14.1 Å². The molecule has 0 saturated carbocycles. The van der Waals surface area contributed by atoms with Crippen LogP contribution >= 0.6 is 0 Å². The fraction of sp³-hybridized carbons (Fsp3) is 0.500. The fourth-order valence-electron chi connectivity index (χ4n) is 5.14. The fourth-order valence-corrected chi connectivity index (χ4v) is 5.14. The lowest BCUT2D eigenvalue weighted by Gasteiger charge is -2.35. The molecule has 168 valence electrons. The van der Waals surface area contributed by atoms with E-state index in [1.807, 2.05) is 20.2 Å². The summed E-state index contributed by atoms with van der Waals surface area (Å²) in [5, 5.41) is 20.2. The quantitative estimate of drug-likeness (QED) is 0.451. The Morgan fingerprint density at radius 3 is 2.68 bits per heavy atom. The van der Waals surface area contributed by atoms with Crippen LogP contribution in [-0.2, 0) is 13.0 Å². The molecular weight excluding hydrogens is 388 g/mol. The van der Waals surface area contributed by atoms with Gasteiger partial charge in [-0.3, -0.25) is 4.79 Å². The largest absolute Gasteiger partial charge is 0.513 e. The summed E-state index contributed by atoms with van der Waals surface area (Å²) in [5.41, 5.74) is 4.51. The minimum absolute atomic E-state index is 0.0579. The first-order valence-electron chi connectivity index (χ1n) is 11.3. The molecule has 2 aromatic rings. The number of allylic oxidation sites excluding steroid dienone is 1. The summed E-state index contributed by atoms with van der Waals surface area (Å²) in [6, 6.07) is 7.70. The van der Waals surface area contributed by atoms with Crippen molar-refractivity contribution in [3.8, 4) is 17.0 Å². The maximum Gasteiger partial charge on any atom is 0.170 e. The van der Waals surface area contributed by atoms with E-state index in [-0.39, 0.29) is 35.0 Å². The number of aliphatic hydroxyl groups excluding tert-OH is 1. The molecule has 5 nitrogen and oxygen atoms in total. The SMILES string of the molecule is C=C(O)CC(C)CC1Cc2c(-c3ccc(CN(C)C)[nH]3)ccc(O)c2C(=O)C1CCC. The molecule has 0 amide bonds. The van der Waals surface area contributed by atoms with Crippen LogP contribution in [0.25, 0.3) is 11.3 Å². The first-order chi connectivity index (χ1) is 14.7. The monoisotopic (exact) mass is 424 g/mol. The molecule has 0 fully saturated rings. The number of ketones is 1. The number of phenolic OH excluding ortho intramolecular Hbond substituents is 1. The van der Waals surface area contributed by atoms with E-state index in [0.29, 0.717) is 12.0 Å². The number of aromatic nitrogens is 1. The molecule has 3 N–H and O–H groups in total. The number of hydrogen-bond donors (Lipinski definition) is 3. The van der Waals surface area contributed by atoms with Crippen molar-refractivity contribution in [1.82, 2.24) is 9.88 Å². The molecule has 3 unspecified atom stereocenters. The van der Waals surface area contributed by atoms with Crippen LogP contribution in [0.3, 0.4) is 0 Å². The highest BCUT2D eigenvalue weighted by molar-refractivity contribution is 6.04. The van der Waals surface area contributed by atoms with Crippen LogP contribution in [0.4, 0.5) is 0 Å². The predicted octanol–water partition coefficient (Wildman–Crippen LogP) is 5.71. The molecule has 1 aliphatic carbocycles. The van der Waals surface area contributed by atoms with Gasteiger partial charge in [0, 0.05) is 35.8 Å². The Labute approximate surface area is 185 Å². The van der Waals surface area contributed by atoms with Gasteiger partial charge in [-0.15, -0.1) is 0 Å². The van der Waals surface area contributed by atoms with E-state index in [1.165, 1.54) is 0 Å². The van der Waals surface area contributed by atoms with Gasteiger partial charge < -0.3 is 20.1 Å². The Bertz CT molecular complexity index is 944. The summed E-state index contributed by atoms with van der Waals surface area (Å²) in [7, 11) is 4.06. The topological polar surface area (TPSA) is 76.6 Å². The number of rotatable bonds is 9. The molecule has 1 heterocycles. The van der Waals surface area contributed by atoms with E-state index in [0.717, 1.165) is 54.7 Å². The third-order valence-electron chi connectivity index (χ3n) is 6.32. The summed E-state index contributed by atoms with van der Waals surface area (Å²) in [5.74, 6) is 0.670. The van der Waals surface area contributed by atoms with Crippen LogP contribution in [-0.4, -0.2) is 40.0 Å². The minimum atomic E-state index is -0.0963. The number of carbonyl (C=O) groups is 1. The molecule has 1 aromatic heterocycles. The van der Waals surface area contributed by atoms with Gasteiger partial charge in [-0.1, -0.05) is 26.8 Å². The van der Waals surface area contributed by atoms with Crippen molar-refractivity contribution < 1.29 is 15.0 Å². The van der Waals surface area contributed by atoms with Crippen molar-refractivity contribution in [1.29, 1.82) is 0 Å². The molecule has 1 aliphatic rings. The van der Waals surface area contributed by atoms with Gasteiger partial charge >= 0.3 is 0 Å². The van der Waals surface area contributed by atoms with Gasteiger partial charge in [0.1, 0.15) is 5.75 Å². The Hall–Kier alpha value is -2.53. The third kappa shape index (κ3) is 5.21. The number of carbonyl (C=O) groups excluding carboxylic acids is 1. The van der Waals surface area contributed by atoms with E-state index in [2.05, 4.69) is 42.4 Å². The summed E-state index contributed by atoms with van der Waals surface area (Å²) in [6.07, 6.45) is 3.89. The van der Waals surface area contributed by atoms with Crippen molar-refractivity contribution in [3.63, 3.8) is 0 Å². The average molecular weight is 425 g/mol. The number of phenols is 1. The lowest BCUT2D eigenvalue weighted by atomic mass is 9.68. The molecule has 3 atom stereocenters. The first kappa shape index (κ1) is 23.1. The second-order valence-electron chi connectivity index (χ2n) is 9.46. The number of fused-ring (bicyclic) bond motifs is 1. The van der Waals surface area contributed by atoms with Crippen LogP contribution in [0.1, 0.15) is 61.1 Å². The Morgan fingerprint density at radius 1 is 1.29 bits per heavy atom. The smallest absolute Gasteiger partial charge is 0.170 e. The highest BCUT2D eigenvalue weighted by Crippen LogP contribution is 2.43. The van der Waals surface area contributed by atoms with Gasteiger partial charge in [0.15, 0.2) is 5.78 Å². The van der Waals surface area contributed by atoms with E-state index in [4.69, 9.17) is 0 Å². The molecule has 0 radical (unpaired) electrons. The second kappa shape index (κ2) is 9.73. The number of nitrogens with one attached hydrogen (secondary N) is 1. The lowest BCUT2D eigenvalue weighted by Crippen LogP contribution is -2.33. The number of nitrogens with zero attached hydrogens (tertiary/aromatic N) is 1. The average Bonchev–Trinajstić information content (AvgIpc) is 3.11. The maximum atomic E-state index is 13.5. The van der Waals surface area contributed by atoms with Crippen LogP contribution in [0.15, 0.2) is 36.6 Å². The summed E-state index contributed by atoms with van der Waals surface area (Å²) >= 11 is 0. The van der Waals surface area contributed by atoms with Crippen LogP contribution in [0, 0.1) is 17.8 Å². The van der Waals surface area contributed by atoms with Crippen molar-refractivity contribution in [3.05, 3.63) is 53.4 Å². The van der Waals surface area contributed by atoms with Gasteiger partial charge in [0.2, 0.25) is 0 Å². The van der Waals surface area contributed by atoms with Crippen molar-refractivity contribution in [2.24, 2.45) is 17.8 Å². The van der Waals surface area contributed by atoms with Crippen LogP contribution in [0.2, 0.25) is 0 Å². The molecule has 3 rings (SSSR count). The van der Waals surface area contributed by atoms with Gasteiger partial charge in [-0.2, -0.15) is 0 Å². The Morgan fingerprint density at radius 2 is 2.03 bits per heavy atom. The number of aliphatic hydroxyl groups is 1. The van der Waals surface area contributed by atoms with E-state index in [9.17, 15) is 15.0 Å². The van der Waals surface area contributed by atoms with Crippen LogP contribution < -0.4 is 0 Å². The molecule has 0 spiro atoms. The molecule has 1 aromatic carbocycles. The molecule has 0 saturated heterocycles. The number of aromatic amines is 1. The lowest BCUT2D eigenvalue weighted by molar-refractivity contribution is 0.0818. The normalized spacial score (nSPS) is 19.5. The highest BCUT2D eigenvalue weighted by atomic mass is 16.3. The van der Waals surface area contributed by atoms with E-state index in [1.54, 1.807) is 6.07 Å². The molecule has 5 heteroatoms. The standard InChI is InChI=1S/C26H36N2O3/c1-6-7-20-18(13-16(2)12-17(3)29)14-22-21(9-11-24(30)25(22)26(20)31)23-10-8-19(27-23)15-28(4)5/h8-11,16,18,20,27,29-30H,3,6-7,12-15H2,1-2,4-5H3. The summed E-state index contributed by atoms with van der Waals surface area (Å²) in [4.78, 5) is 19.1. The van der Waals surface area contributed by atoms with Gasteiger partial charge in [0.05, 0.1) is 11.3 Å². The number of benzene rings is 1. The molecular formula is C26H36N2O3. The summed E-state index contributed by atoms with van der Waals surface area (Å²) in [6.45, 7) is 8.64. The Kier molecular flexibility index (Phi) is 7.26. The van der Waals surface area contributed by atoms with E-state index < -0.39 is 0 Å². The van der Waals surface area contributed by atoms with E-state index >= 15 is 0 Å². The number of Topliss-reactive ketones (excluding diaryl/α,β-unsaturated/α-hetero) is 1. The molecule has 0 bridgehead atoms.